The molecule has 0 aliphatic rings. The molecule has 0 radical (unpaired) electrons. The molecule has 0 atom stereocenters. The van der Waals surface area contributed by atoms with Crippen molar-refractivity contribution in [2.45, 2.75) is 33.0 Å². The van der Waals surface area contributed by atoms with Gasteiger partial charge in [0.05, 0.1) is 13.2 Å². The van der Waals surface area contributed by atoms with Crippen molar-refractivity contribution in [1.29, 1.82) is 0 Å². The molecule has 0 aliphatic carbocycles. The zero-order valence-electron chi connectivity index (χ0n) is 9.07. The zero-order valence-corrected chi connectivity index (χ0v) is 9.97. The Morgan fingerprint density at radius 1 is 1.29 bits per heavy atom. The van der Waals surface area contributed by atoms with Crippen LogP contribution in [0.2, 0.25) is 0 Å². The molecule has 84 valence electrons. The van der Waals surface area contributed by atoms with E-state index in [2.05, 4.69) is 5.32 Å². The summed E-state index contributed by atoms with van der Waals surface area (Å²) in [4.78, 5) is 10.3. The van der Waals surface area contributed by atoms with Gasteiger partial charge in [-0.3, -0.25) is 9.36 Å². The van der Waals surface area contributed by atoms with Crippen LogP contribution in [0.4, 0.5) is 0 Å². The number of hydrogen-bond acceptors (Lipinski definition) is 4. The molecule has 5 nitrogen and oxygen atoms in total. The smallest absolute Gasteiger partial charge is 0.343 e. The van der Waals surface area contributed by atoms with Gasteiger partial charge in [0.1, 0.15) is 5.28 Å². The molecule has 0 aromatic rings. The van der Waals surface area contributed by atoms with Crippen LogP contribution in [0.15, 0.2) is 0 Å². The van der Waals surface area contributed by atoms with Crippen LogP contribution < -0.4 is 5.32 Å². The van der Waals surface area contributed by atoms with Gasteiger partial charge >= 0.3 is 7.60 Å². The Bertz CT molecular complexity index is 219. The predicted molar refractivity (Wildman–Crippen MR) is 54.1 cm³/mol. The lowest BCUT2D eigenvalue weighted by Crippen LogP contribution is -2.39. The molecule has 0 aromatic heterocycles. The zero-order chi connectivity index (χ0) is 11.2. The average molecular weight is 223 g/mol. The van der Waals surface area contributed by atoms with Gasteiger partial charge in [-0.25, -0.2) is 0 Å². The summed E-state index contributed by atoms with van der Waals surface area (Å²) in [6, 6.07) is 0. The summed E-state index contributed by atoms with van der Waals surface area (Å²) < 4.78 is 22.4. The standard InChI is InChI=1S/C8H18NO4P/c1-5-12-14(11,13-6-2)8(3,4)9-7-10/h7H,5-6H2,1-4H3,(H,9,10). The van der Waals surface area contributed by atoms with Gasteiger partial charge in [0, 0.05) is 0 Å². The number of carbonyl (C=O) groups excluding carboxylic acids is 1. The molecule has 0 aromatic carbocycles. The number of amides is 1. The average Bonchev–Trinajstić information content (AvgIpc) is 2.04. The maximum atomic E-state index is 12.2. The molecule has 0 heterocycles. The van der Waals surface area contributed by atoms with Crippen LogP contribution in [0, 0.1) is 0 Å². The maximum Gasteiger partial charge on any atom is 0.355 e. The third-order valence-corrected chi connectivity index (χ3v) is 4.39. The van der Waals surface area contributed by atoms with Gasteiger partial charge in [0.2, 0.25) is 6.41 Å². The number of hydrogen-bond donors (Lipinski definition) is 1. The monoisotopic (exact) mass is 223 g/mol. The third-order valence-electron chi connectivity index (χ3n) is 1.69. The summed E-state index contributed by atoms with van der Waals surface area (Å²) >= 11 is 0. The highest BCUT2D eigenvalue weighted by atomic mass is 31.2. The highest BCUT2D eigenvalue weighted by Gasteiger charge is 2.42. The first kappa shape index (κ1) is 13.6. The van der Waals surface area contributed by atoms with Gasteiger partial charge in [0.15, 0.2) is 0 Å². The van der Waals surface area contributed by atoms with Crippen molar-refractivity contribution < 1.29 is 18.4 Å². The Balaban J connectivity index is 4.77. The Kier molecular flexibility index (Phi) is 5.34. The van der Waals surface area contributed by atoms with Crippen molar-refractivity contribution in [3.8, 4) is 0 Å². The minimum Gasteiger partial charge on any atom is -0.343 e. The second-order valence-corrected chi connectivity index (χ2v) is 5.78. The van der Waals surface area contributed by atoms with E-state index < -0.39 is 12.9 Å². The minimum absolute atomic E-state index is 0.279. The van der Waals surface area contributed by atoms with E-state index in [9.17, 15) is 9.36 Å². The number of carbonyl (C=O) groups is 1. The van der Waals surface area contributed by atoms with Crippen molar-refractivity contribution in [2.24, 2.45) is 0 Å². The van der Waals surface area contributed by atoms with Gasteiger partial charge in [0.25, 0.3) is 0 Å². The molecular formula is C8H18NO4P. The highest BCUT2D eigenvalue weighted by Crippen LogP contribution is 2.58. The number of rotatable bonds is 7. The Labute approximate surface area is 84.7 Å². The number of nitrogens with one attached hydrogen (secondary N) is 1. The summed E-state index contributed by atoms with van der Waals surface area (Å²) in [6.07, 6.45) is 0.491. The van der Waals surface area contributed by atoms with Crippen molar-refractivity contribution in [1.82, 2.24) is 5.32 Å². The van der Waals surface area contributed by atoms with Crippen LogP contribution in [0.5, 0.6) is 0 Å². The van der Waals surface area contributed by atoms with Gasteiger partial charge < -0.3 is 14.4 Å². The van der Waals surface area contributed by atoms with Crippen LogP contribution in [0.3, 0.4) is 0 Å². The lowest BCUT2D eigenvalue weighted by atomic mass is 10.4. The van der Waals surface area contributed by atoms with E-state index in [0.717, 1.165) is 0 Å². The Morgan fingerprint density at radius 2 is 1.71 bits per heavy atom. The third kappa shape index (κ3) is 3.08. The lowest BCUT2D eigenvalue weighted by molar-refractivity contribution is -0.110. The van der Waals surface area contributed by atoms with E-state index in [-0.39, 0.29) is 13.2 Å². The molecule has 1 amide bonds. The van der Waals surface area contributed by atoms with Crippen LogP contribution in [0.25, 0.3) is 0 Å². The quantitative estimate of drug-likeness (QED) is 0.527. The van der Waals surface area contributed by atoms with Crippen LogP contribution in [0.1, 0.15) is 27.7 Å². The summed E-state index contributed by atoms with van der Waals surface area (Å²) in [6.45, 7) is 7.22. The topological polar surface area (TPSA) is 64.6 Å². The first-order valence-corrected chi connectivity index (χ1v) is 6.08. The van der Waals surface area contributed by atoms with Crippen LogP contribution >= 0.6 is 7.60 Å². The lowest BCUT2D eigenvalue weighted by Gasteiger charge is -2.31. The van der Waals surface area contributed by atoms with Gasteiger partial charge in [-0.15, -0.1) is 0 Å². The van der Waals surface area contributed by atoms with E-state index in [4.69, 9.17) is 9.05 Å². The first-order valence-electron chi connectivity index (χ1n) is 4.54. The van der Waals surface area contributed by atoms with E-state index in [1.807, 2.05) is 0 Å². The SMILES string of the molecule is CCOP(=O)(OCC)C(C)(C)NC=O. The van der Waals surface area contributed by atoms with E-state index in [0.29, 0.717) is 6.41 Å². The maximum absolute atomic E-state index is 12.2. The largest absolute Gasteiger partial charge is 0.355 e. The summed E-state index contributed by atoms with van der Waals surface area (Å²) in [5, 5.41) is 1.44. The second kappa shape index (κ2) is 5.49. The normalized spacial score (nSPS) is 12.6. The van der Waals surface area contributed by atoms with Gasteiger partial charge in [-0.1, -0.05) is 0 Å². The van der Waals surface area contributed by atoms with Crippen molar-refractivity contribution >= 4 is 14.0 Å². The summed E-state index contributed by atoms with van der Waals surface area (Å²) in [5.74, 6) is 0. The fourth-order valence-electron chi connectivity index (χ4n) is 0.923. The van der Waals surface area contributed by atoms with Crippen LogP contribution in [-0.2, 0) is 18.4 Å². The van der Waals surface area contributed by atoms with Crippen LogP contribution in [-0.4, -0.2) is 24.9 Å². The first-order chi connectivity index (χ1) is 6.43. The molecule has 0 fully saturated rings. The second-order valence-electron chi connectivity index (χ2n) is 3.15. The molecule has 0 saturated heterocycles. The molecule has 0 spiro atoms. The molecule has 14 heavy (non-hydrogen) atoms. The predicted octanol–water partition coefficient (Wildman–Crippen LogP) is 1.73. The van der Waals surface area contributed by atoms with Crippen molar-refractivity contribution in [3.63, 3.8) is 0 Å². The van der Waals surface area contributed by atoms with E-state index >= 15 is 0 Å². The van der Waals surface area contributed by atoms with E-state index in [1.165, 1.54) is 0 Å². The van der Waals surface area contributed by atoms with Crippen molar-refractivity contribution in [3.05, 3.63) is 0 Å². The molecule has 0 bridgehead atoms. The summed E-state index contributed by atoms with van der Waals surface area (Å²) in [5.41, 5.74) is 0. The molecule has 0 saturated carbocycles. The molecule has 0 aliphatic heterocycles. The fraction of sp³-hybridized carbons (Fsp3) is 0.875. The van der Waals surface area contributed by atoms with E-state index in [1.54, 1.807) is 27.7 Å². The Hall–Kier alpha value is -0.380. The van der Waals surface area contributed by atoms with Crippen molar-refractivity contribution in [2.75, 3.05) is 13.2 Å². The molecule has 1 N–H and O–H groups in total. The molecular weight excluding hydrogens is 205 g/mol. The molecule has 0 rings (SSSR count). The fourth-order valence-corrected chi connectivity index (χ4v) is 2.53. The molecule has 0 unspecified atom stereocenters. The van der Waals surface area contributed by atoms with Gasteiger partial charge in [-0.05, 0) is 27.7 Å². The molecule has 6 heteroatoms. The van der Waals surface area contributed by atoms with Gasteiger partial charge in [-0.2, -0.15) is 0 Å². The Morgan fingerprint density at radius 3 is 2.00 bits per heavy atom. The summed E-state index contributed by atoms with van der Waals surface area (Å²) in [7, 11) is -3.28. The minimum atomic E-state index is -3.28. The highest BCUT2D eigenvalue weighted by molar-refractivity contribution is 7.55.